The first-order chi connectivity index (χ1) is 13.9. The fraction of sp³-hybridized carbons (Fsp3) is 0.364. The Morgan fingerprint density at radius 3 is 2.14 bits per heavy atom. The summed E-state index contributed by atoms with van der Waals surface area (Å²) in [5.74, 6) is -0.154. The number of ketones is 1. The zero-order valence-corrected chi connectivity index (χ0v) is 17.4. The van der Waals surface area contributed by atoms with E-state index < -0.39 is 10.0 Å². The number of hydrogen-bond donors (Lipinski definition) is 1. The lowest BCUT2D eigenvalue weighted by atomic mass is 10.1. The van der Waals surface area contributed by atoms with Crippen molar-refractivity contribution in [3.63, 3.8) is 0 Å². The Bertz CT molecular complexity index is 961. The number of aryl methyl sites for hydroxylation is 1. The molecule has 1 aliphatic rings. The molecule has 2 aromatic rings. The maximum absolute atomic E-state index is 12.7. The number of benzene rings is 2. The molecule has 0 spiro atoms. The van der Waals surface area contributed by atoms with Crippen molar-refractivity contribution >= 4 is 27.4 Å². The number of piperidine rings is 1. The zero-order valence-electron chi connectivity index (χ0n) is 16.6. The average Bonchev–Trinajstić information content (AvgIpc) is 2.73. The van der Waals surface area contributed by atoms with E-state index in [4.69, 9.17) is 0 Å². The van der Waals surface area contributed by atoms with E-state index in [1.165, 1.54) is 6.92 Å². The highest BCUT2D eigenvalue weighted by molar-refractivity contribution is 7.89. The Morgan fingerprint density at radius 2 is 1.55 bits per heavy atom. The lowest BCUT2D eigenvalue weighted by Gasteiger charge is -2.25. The van der Waals surface area contributed by atoms with Gasteiger partial charge in [-0.1, -0.05) is 18.6 Å². The predicted octanol–water partition coefficient (Wildman–Crippen LogP) is 3.64. The Hall–Kier alpha value is -2.51. The SMILES string of the molecule is CC(=O)c1ccc(NC(=O)CCc2ccc(S(=O)(=O)N3CCCCC3)cc2)cc1. The monoisotopic (exact) mass is 414 g/mol. The van der Waals surface area contributed by atoms with Crippen molar-refractivity contribution < 1.29 is 18.0 Å². The van der Waals surface area contributed by atoms with Crippen LogP contribution < -0.4 is 5.32 Å². The molecule has 7 heteroatoms. The molecule has 1 amide bonds. The maximum atomic E-state index is 12.7. The lowest BCUT2D eigenvalue weighted by Crippen LogP contribution is -2.35. The molecule has 1 heterocycles. The van der Waals surface area contributed by atoms with Crippen LogP contribution in [0.4, 0.5) is 5.69 Å². The minimum absolute atomic E-state index is 0.0198. The second kappa shape index (κ2) is 9.33. The fourth-order valence-corrected chi connectivity index (χ4v) is 4.87. The van der Waals surface area contributed by atoms with Crippen molar-refractivity contribution in [1.82, 2.24) is 4.31 Å². The van der Waals surface area contributed by atoms with Crippen molar-refractivity contribution in [1.29, 1.82) is 0 Å². The van der Waals surface area contributed by atoms with Gasteiger partial charge in [0.1, 0.15) is 0 Å². The third kappa shape index (κ3) is 5.52. The summed E-state index contributed by atoms with van der Waals surface area (Å²) in [5.41, 5.74) is 2.15. The number of nitrogens with zero attached hydrogens (tertiary/aromatic N) is 1. The van der Waals surface area contributed by atoms with E-state index in [2.05, 4.69) is 5.32 Å². The molecule has 0 bridgehead atoms. The van der Waals surface area contributed by atoms with Crippen LogP contribution in [0.3, 0.4) is 0 Å². The second-order valence-electron chi connectivity index (χ2n) is 7.29. The van der Waals surface area contributed by atoms with Crippen LogP contribution in [0, 0.1) is 0 Å². The molecule has 2 aromatic carbocycles. The Kier molecular flexibility index (Phi) is 6.82. The zero-order chi connectivity index (χ0) is 20.9. The standard InChI is InChI=1S/C22H26N2O4S/c1-17(25)19-8-10-20(11-9-19)23-22(26)14-7-18-5-12-21(13-6-18)29(27,28)24-15-3-2-4-16-24/h5-6,8-13H,2-4,7,14-16H2,1H3,(H,23,26). The molecule has 29 heavy (non-hydrogen) atoms. The molecule has 1 aliphatic heterocycles. The number of carbonyl (C=O) groups excluding carboxylic acids is 2. The number of nitrogens with one attached hydrogen (secondary N) is 1. The largest absolute Gasteiger partial charge is 0.326 e. The van der Waals surface area contributed by atoms with Crippen molar-refractivity contribution in [3.8, 4) is 0 Å². The third-order valence-corrected chi connectivity index (χ3v) is 7.00. The van der Waals surface area contributed by atoms with Gasteiger partial charge in [-0.25, -0.2) is 8.42 Å². The van der Waals surface area contributed by atoms with E-state index >= 15 is 0 Å². The molecule has 0 saturated carbocycles. The van der Waals surface area contributed by atoms with E-state index in [-0.39, 0.29) is 18.1 Å². The van der Waals surface area contributed by atoms with Crippen LogP contribution >= 0.6 is 0 Å². The Balaban J connectivity index is 1.54. The number of rotatable bonds is 7. The summed E-state index contributed by atoms with van der Waals surface area (Å²) in [5, 5.41) is 2.80. The van der Waals surface area contributed by atoms with Crippen LogP contribution in [0.5, 0.6) is 0 Å². The molecule has 1 saturated heterocycles. The van der Waals surface area contributed by atoms with E-state index in [9.17, 15) is 18.0 Å². The highest BCUT2D eigenvalue weighted by atomic mass is 32.2. The number of sulfonamides is 1. The third-order valence-electron chi connectivity index (χ3n) is 5.09. The van der Waals surface area contributed by atoms with Gasteiger partial charge in [-0.05, 0) is 68.1 Å². The fourth-order valence-electron chi connectivity index (χ4n) is 3.35. The van der Waals surface area contributed by atoms with Gasteiger partial charge in [-0.15, -0.1) is 0 Å². The molecule has 0 atom stereocenters. The van der Waals surface area contributed by atoms with E-state index in [0.717, 1.165) is 24.8 Å². The van der Waals surface area contributed by atoms with Gasteiger partial charge in [0.25, 0.3) is 0 Å². The quantitative estimate of drug-likeness (QED) is 0.701. The number of anilines is 1. The first-order valence-electron chi connectivity index (χ1n) is 9.86. The molecule has 1 N–H and O–H groups in total. The maximum Gasteiger partial charge on any atom is 0.243 e. The summed E-state index contributed by atoms with van der Waals surface area (Å²) >= 11 is 0. The first-order valence-corrected chi connectivity index (χ1v) is 11.3. The summed E-state index contributed by atoms with van der Waals surface area (Å²) in [7, 11) is -3.43. The van der Waals surface area contributed by atoms with Gasteiger partial charge in [0, 0.05) is 30.8 Å². The Morgan fingerprint density at radius 1 is 0.931 bits per heavy atom. The molecule has 6 nitrogen and oxygen atoms in total. The summed E-state index contributed by atoms with van der Waals surface area (Å²) in [4.78, 5) is 23.7. The molecular formula is C22H26N2O4S. The van der Waals surface area contributed by atoms with Gasteiger partial charge in [0.15, 0.2) is 5.78 Å². The molecule has 0 aliphatic carbocycles. The van der Waals surface area contributed by atoms with Gasteiger partial charge in [-0.2, -0.15) is 4.31 Å². The van der Waals surface area contributed by atoms with Gasteiger partial charge in [0.05, 0.1) is 4.90 Å². The summed E-state index contributed by atoms with van der Waals surface area (Å²) in [6.45, 7) is 2.66. The highest BCUT2D eigenvalue weighted by Gasteiger charge is 2.25. The van der Waals surface area contributed by atoms with Gasteiger partial charge in [0.2, 0.25) is 15.9 Å². The van der Waals surface area contributed by atoms with Crippen LogP contribution in [0.2, 0.25) is 0 Å². The number of Topliss-reactive ketones (excluding diaryl/α,β-unsaturated/α-hetero) is 1. The van der Waals surface area contributed by atoms with Crippen molar-refractivity contribution in [2.75, 3.05) is 18.4 Å². The lowest BCUT2D eigenvalue weighted by molar-refractivity contribution is -0.116. The molecular weight excluding hydrogens is 388 g/mol. The van der Waals surface area contributed by atoms with Crippen molar-refractivity contribution in [2.24, 2.45) is 0 Å². The van der Waals surface area contributed by atoms with Crippen LogP contribution in [0.15, 0.2) is 53.4 Å². The van der Waals surface area contributed by atoms with Gasteiger partial charge >= 0.3 is 0 Å². The van der Waals surface area contributed by atoms with Crippen molar-refractivity contribution in [3.05, 3.63) is 59.7 Å². The molecule has 0 aromatic heterocycles. The Labute approximate surface area is 172 Å². The summed E-state index contributed by atoms with van der Waals surface area (Å²) < 4.78 is 26.9. The average molecular weight is 415 g/mol. The van der Waals surface area contributed by atoms with E-state index in [0.29, 0.717) is 35.7 Å². The minimum atomic E-state index is -3.43. The van der Waals surface area contributed by atoms with Crippen LogP contribution in [0.25, 0.3) is 0 Å². The molecule has 154 valence electrons. The van der Waals surface area contributed by atoms with Crippen molar-refractivity contribution in [2.45, 2.75) is 43.9 Å². The number of hydrogen-bond acceptors (Lipinski definition) is 4. The van der Waals surface area contributed by atoms with Gasteiger partial charge in [-0.3, -0.25) is 9.59 Å². The summed E-state index contributed by atoms with van der Waals surface area (Å²) in [6.07, 6.45) is 3.69. The first kappa shape index (κ1) is 21.2. The van der Waals surface area contributed by atoms with Crippen LogP contribution in [-0.2, 0) is 21.2 Å². The smallest absolute Gasteiger partial charge is 0.243 e. The molecule has 0 unspecified atom stereocenters. The topological polar surface area (TPSA) is 83.5 Å². The predicted molar refractivity (Wildman–Crippen MR) is 112 cm³/mol. The van der Waals surface area contributed by atoms with Crippen LogP contribution in [0.1, 0.15) is 48.5 Å². The number of amides is 1. The normalized spacial score (nSPS) is 15.1. The summed E-state index contributed by atoms with van der Waals surface area (Å²) in [6, 6.07) is 13.6. The second-order valence-corrected chi connectivity index (χ2v) is 9.23. The van der Waals surface area contributed by atoms with E-state index in [1.807, 2.05) is 0 Å². The highest BCUT2D eigenvalue weighted by Crippen LogP contribution is 2.21. The van der Waals surface area contributed by atoms with E-state index in [1.54, 1.807) is 52.8 Å². The molecule has 0 radical (unpaired) electrons. The molecule has 3 rings (SSSR count). The minimum Gasteiger partial charge on any atom is -0.326 e. The van der Waals surface area contributed by atoms with Crippen LogP contribution in [-0.4, -0.2) is 37.5 Å². The number of carbonyl (C=O) groups is 2. The van der Waals surface area contributed by atoms with Gasteiger partial charge < -0.3 is 5.32 Å². The molecule has 1 fully saturated rings.